The van der Waals surface area contributed by atoms with Gasteiger partial charge in [0.2, 0.25) is 0 Å². The lowest BCUT2D eigenvalue weighted by Gasteiger charge is -2.26. The molecule has 94 valence electrons. The summed E-state index contributed by atoms with van der Waals surface area (Å²) in [5, 5.41) is 12.7. The van der Waals surface area contributed by atoms with E-state index in [1.165, 1.54) is 0 Å². The molecule has 0 spiro atoms. The average Bonchev–Trinajstić information content (AvgIpc) is 2.47. The van der Waals surface area contributed by atoms with Gasteiger partial charge in [0.05, 0.1) is 11.8 Å². The molecule has 3 rings (SSSR count). The molecule has 0 aliphatic carbocycles. The third-order valence-corrected chi connectivity index (χ3v) is 3.70. The van der Waals surface area contributed by atoms with Crippen LogP contribution in [0.3, 0.4) is 0 Å². The normalized spacial score (nSPS) is 18.9. The Kier molecular flexibility index (Phi) is 3.26. The van der Waals surface area contributed by atoms with Crippen LogP contribution in [0, 0.1) is 5.92 Å². The van der Waals surface area contributed by atoms with E-state index in [0.717, 1.165) is 42.5 Å². The van der Waals surface area contributed by atoms with Gasteiger partial charge in [-0.1, -0.05) is 24.3 Å². The largest absolute Gasteiger partial charge is 0.386 e. The van der Waals surface area contributed by atoms with Crippen molar-refractivity contribution >= 4 is 10.8 Å². The highest BCUT2D eigenvalue weighted by molar-refractivity contribution is 5.84. The number of pyridine rings is 1. The molecule has 1 aromatic heterocycles. The maximum atomic E-state index is 10.5. The van der Waals surface area contributed by atoms with E-state index in [9.17, 15) is 5.11 Å². The summed E-state index contributed by atoms with van der Waals surface area (Å²) in [6, 6.07) is 10.1. The number of aromatic nitrogens is 1. The predicted octanol–water partition coefficient (Wildman–Crippen LogP) is 2.69. The number of benzene rings is 1. The maximum Gasteiger partial charge on any atom is 0.0995 e. The highest BCUT2D eigenvalue weighted by Crippen LogP contribution is 2.32. The van der Waals surface area contributed by atoms with E-state index in [0.29, 0.717) is 0 Å². The summed E-state index contributed by atoms with van der Waals surface area (Å²) in [5.74, 6) is 0.261. The number of nitrogens with zero attached hydrogens (tertiary/aromatic N) is 1. The van der Waals surface area contributed by atoms with Gasteiger partial charge in [-0.25, -0.2) is 0 Å². The summed E-state index contributed by atoms with van der Waals surface area (Å²) in [6.45, 7) is 1.49. The van der Waals surface area contributed by atoms with Gasteiger partial charge in [0.25, 0.3) is 0 Å². The molecule has 3 nitrogen and oxygen atoms in total. The lowest BCUT2D eigenvalue weighted by atomic mass is 9.90. The highest BCUT2D eigenvalue weighted by Gasteiger charge is 2.25. The quantitative estimate of drug-likeness (QED) is 0.881. The van der Waals surface area contributed by atoms with Gasteiger partial charge >= 0.3 is 0 Å². The minimum Gasteiger partial charge on any atom is -0.386 e. The topological polar surface area (TPSA) is 42.4 Å². The second-order valence-corrected chi connectivity index (χ2v) is 4.81. The van der Waals surface area contributed by atoms with Crippen molar-refractivity contribution in [3.8, 4) is 0 Å². The third kappa shape index (κ3) is 2.11. The number of fused-ring (bicyclic) bond motifs is 1. The lowest BCUT2D eigenvalue weighted by Crippen LogP contribution is -2.22. The van der Waals surface area contributed by atoms with Gasteiger partial charge < -0.3 is 9.84 Å². The first kappa shape index (κ1) is 11.6. The van der Waals surface area contributed by atoms with Crippen LogP contribution in [0.25, 0.3) is 10.8 Å². The molecule has 3 heteroatoms. The van der Waals surface area contributed by atoms with Crippen LogP contribution in [0.15, 0.2) is 36.5 Å². The van der Waals surface area contributed by atoms with E-state index < -0.39 is 6.10 Å². The van der Waals surface area contributed by atoms with Crippen molar-refractivity contribution in [1.29, 1.82) is 0 Å². The van der Waals surface area contributed by atoms with Crippen molar-refractivity contribution in [1.82, 2.24) is 4.98 Å². The first-order valence-corrected chi connectivity index (χ1v) is 6.46. The van der Waals surface area contributed by atoms with Crippen LogP contribution in [-0.4, -0.2) is 23.3 Å². The Bertz CT molecular complexity index is 530. The molecule has 1 N–H and O–H groups in total. The number of rotatable bonds is 2. The lowest BCUT2D eigenvalue weighted by molar-refractivity contribution is 0.00619. The van der Waals surface area contributed by atoms with Gasteiger partial charge in [0.15, 0.2) is 0 Å². The number of hydrogen-bond acceptors (Lipinski definition) is 3. The molecule has 1 aliphatic rings. The van der Waals surface area contributed by atoms with Crippen LogP contribution >= 0.6 is 0 Å². The van der Waals surface area contributed by atoms with Crippen LogP contribution < -0.4 is 0 Å². The molecule has 2 heterocycles. The molecule has 0 bridgehead atoms. The number of ether oxygens (including phenoxy) is 1. The highest BCUT2D eigenvalue weighted by atomic mass is 16.5. The van der Waals surface area contributed by atoms with E-state index in [2.05, 4.69) is 11.1 Å². The van der Waals surface area contributed by atoms with Gasteiger partial charge in [-0.2, -0.15) is 0 Å². The molecule has 1 unspecified atom stereocenters. The second-order valence-electron chi connectivity index (χ2n) is 4.81. The molecule has 1 fully saturated rings. The van der Waals surface area contributed by atoms with Gasteiger partial charge in [-0.05, 0) is 30.2 Å². The van der Waals surface area contributed by atoms with E-state index >= 15 is 0 Å². The molecular formula is C15H17NO2. The van der Waals surface area contributed by atoms with Crippen molar-refractivity contribution in [2.24, 2.45) is 5.92 Å². The summed E-state index contributed by atoms with van der Waals surface area (Å²) < 4.78 is 5.34. The summed E-state index contributed by atoms with van der Waals surface area (Å²) in [4.78, 5) is 4.39. The van der Waals surface area contributed by atoms with Crippen molar-refractivity contribution in [2.45, 2.75) is 18.9 Å². The zero-order chi connectivity index (χ0) is 12.4. The van der Waals surface area contributed by atoms with Gasteiger partial charge in [0, 0.05) is 24.8 Å². The SMILES string of the molecule is OC(c1nccc2ccccc12)C1CCOCC1. The van der Waals surface area contributed by atoms with E-state index in [1.54, 1.807) is 6.20 Å². The molecule has 1 aromatic carbocycles. The fourth-order valence-corrected chi connectivity index (χ4v) is 2.63. The first-order chi connectivity index (χ1) is 8.86. The molecule has 2 aromatic rings. The Morgan fingerprint density at radius 2 is 1.94 bits per heavy atom. The number of aliphatic hydroxyl groups excluding tert-OH is 1. The summed E-state index contributed by atoms with van der Waals surface area (Å²) >= 11 is 0. The molecule has 0 saturated carbocycles. The number of hydrogen-bond donors (Lipinski definition) is 1. The molecule has 1 saturated heterocycles. The Morgan fingerprint density at radius 1 is 1.17 bits per heavy atom. The maximum absolute atomic E-state index is 10.5. The molecular weight excluding hydrogens is 226 g/mol. The molecule has 1 aliphatic heterocycles. The van der Waals surface area contributed by atoms with E-state index in [1.807, 2.05) is 24.3 Å². The molecule has 1 atom stereocenters. The van der Waals surface area contributed by atoms with E-state index in [-0.39, 0.29) is 5.92 Å². The van der Waals surface area contributed by atoms with Crippen molar-refractivity contribution in [3.63, 3.8) is 0 Å². The molecule has 0 radical (unpaired) electrons. The van der Waals surface area contributed by atoms with Crippen molar-refractivity contribution < 1.29 is 9.84 Å². The molecule has 18 heavy (non-hydrogen) atoms. The number of aliphatic hydroxyl groups is 1. The Morgan fingerprint density at radius 3 is 2.78 bits per heavy atom. The summed E-state index contributed by atoms with van der Waals surface area (Å²) in [7, 11) is 0. The van der Waals surface area contributed by atoms with Crippen LogP contribution in [0.4, 0.5) is 0 Å². The second kappa shape index (κ2) is 5.04. The minimum absolute atomic E-state index is 0.261. The Labute approximate surface area is 106 Å². The molecule has 0 amide bonds. The fraction of sp³-hybridized carbons (Fsp3) is 0.400. The fourth-order valence-electron chi connectivity index (χ4n) is 2.63. The summed E-state index contributed by atoms with van der Waals surface area (Å²) in [6.07, 6.45) is 3.11. The standard InChI is InChI=1S/C15H17NO2/c17-15(12-6-9-18-10-7-12)14-13-4-2-1-3-11(13)5-8-16-14/h1-5,8,12,15,17H,6-7,9-10H2. The Hall–Kier alpha value is -1.45. The van der Waals surface area contributed by atoms with Gasteiger partial charge in [-0.3, -0.25) is 4.98 Å². The summed E-state index contributed by atoms with van der Waals surface area (Å²) in [5.41, 5.74) is 0.806. The monoisotopic (exact) mass is 243 g/mol. The van der Waals surface area contributed by atoms with Crippen molar-refractivity contribution in [2.75, 3.05) is 13.2 Å². The van der Waals surface area contributed by atoms with Crippen molar-refractivity contribution in [3.05, 3.63) is 42.2 Å². The zero-order valence-electron chi connectivity index (χ0n) is 10.2. The average molecular weight is 243 g/mol. The predicted molar refractivity (Wildman–Crippen MR) is 70.2 cm³/mol. The van der Waals surface area contributed by atoms with Gasteiger partial charge in [0.1, 0.15) is 0 Å². The van der Waals surface area contributed by atoms with Crippen LogP contribution in [0.5, 0.6) is 0 Å². The zero-order valence-corrected chi connectivity index (χ0v) is 10.2. The third-order valence-electron chi connectivity index (χ3n) is 3.70. The van der Waals surface area contributed by atoms with Crippen LogP contribution in [0.2, 0.25) is 0 Å². The van der Waals surface area contributed by atoms with E-state index in [4.69, 9.17) is 4.74 Å². The van der Waals surface area contributed by atoms with Crippen LogP contribution in [0.1, 0.15) is 24.6 Å². The Balaban J connectivity index is 1.97. The van der Waals surface area contributed by atoms with Crippen LogP contribution in [-0.2, 0) is 4.74 Å². The first-order valence-electron chi connectivity index (χ1n) is 6.46. The minimum atomic E-state index is -0.486. The smallest absolute Gasteiger partial charge is 0.0995 e. The van der Waals surface area contributed by atoms with Gasteiger partial charge in [-0.15, -0.1) is 0 Å².